The first kappa shape index (κ1) is 24.5. The standard InChI is InChI=1S/C28H24N2O6S/c1-4-12-35-27(34)25-16(3)29-28(37-25)30-22(17-8-6-5-7-9-17)21(24(32)26(30)33)23(31)18-10-11-20-19(14-18)13-15(2)36-20/h4-11,14-15,22,31H,1,12-13H2,2-3H3/b23-21+. The van der Waals surface area contributed by atoms with E-state index in [4.69, 9.17) is 9.47 Å². The number of fused-ring (bicyclic) bond motifs is 1. The zero-order valence-electron chi connectivity index (χ0n) is 20.3. The topological polar surface area (TPSA) is 106 Å². The summed E-state index contributed by atoms with van der Waals surface area (Å²) in [5.41, 5.74) is 2.27. The molecule has 2 atom stereocenters. The monoisotopic (exact) mass is 516 g/mol. The Bertz CT molecular complexity index is 1460. The van der Waals surface area contributed by atoms with E-state index >= 15 is 0 Å². The van der Waals surface area contributed by atoms with Crippen molar-refractivity contribution in [2.45, 2.75) is 32.4 Å². The van der Waals surface area contributed by atoms with Gasteiger partial charge in [0.25, 0.3) is 5.78 Å². The predicted molar refractivity (Wildman–Crippen MR) is 139 cm³/mol. The number of rotatable bonds is 6. The lowest BCUT2D eigenvalue weighted by Gasteiger charge is -2.23. The molecule has 3 heterocycles. The van der Waals surface area contributed by atoms with Crippen LogP contribution in [-0.4, -0.2) is 40.5 Å². The van der Waals surface area contributed by atoms with Gasteiger partial charge in [-0.05, 0) is 43.2 Å². The molecule has 1 saturated heterocycles. The molecule has 1 aromatic heterocycles. The molecule has 2 unspecified atom stereocenters. The number of esters is 1. The predicted octanol–water partition coefficient (Wildman–Crippen LogP) is 4.74. The smallest absolute Gasteiger partial charge is 0.350 e. The Morgan fingerprint density at radius 2 is 2.03 bits per heavy atom. The Morgan fingerprint density at radius 1 is 1.27 bits per heavy atom. The fourth-order valence-electron chi connectivity index (χ4n) is 4.58. The van der Waals surface area contributed by atoms with Crippen LogP contribution in [0.3, 0.4) is 0 Å². The molecule has 1 N–H and O–H groups in total. The van der Waals surface area contributed by atoms with Gasteiger partial charge < -0.3 is 14.6 Å². The van der Waals surface area contributed by atoms with E-state index in [0.29, 0.717) is 23.2 Å². The molecule has 3 aromatic rings. The number of aryl methyl sites for hydroxylation is 1. The first-order valence-electron chi connectivity index (χ1n) is 11.7. The van der Waals surface area contributed by atoms with Crippen LogP contribution in [0.25, 0.3) is 5.76 Å². The number of aromatic nitrogens is 1. The summed E-state index contributed by atoms with van der Waals surface area (Å²) in [5.74, 6) is -1.81. The van der Waals surface area contributed by atoms with Crippen molar-refractivity contribution in [2.24, 2.45) is 0 Å². The highest BCUT2D eigenvalue weighted by Crippen LogP contribution is 2.44. The maximum absolute atomic E-state index is 13.4. The molecule has 0 bridgehead atoms. The Balaban J connectivity index is 1.63. The lowest BCUT2D eigenvalue weighted by Crippen LogP contribution is -2.29. The van der Waals surface area contributed by atoms with Crippen LogP contribution < -0.4 is 9.64 Å². The third-order valence-electron chi connectivity index (χ3n) is 6.24. The summed E-state index contributed by atoms with van der Waals surface area (Å²) < 4.78 is 10.9. The Hall–Kier alpha value is -4.24. The van der Waals surface area contributed by atoms with Crippen molar-refractivity contribution < 1.29 is 29.0 Å². The van der Waals surface area contributed by atoms with Gasteiger partial charge in [-0.15, -0.1) is 0 Å². The van der Waals surface area contributed by atoms with Crippen molar-refractivity contribution in [2.75, 3.05) is 11.5 Å². The van der Waals surface area contributed by atoms with Crippen LogP contribution in [0.1, 0.15) is 45.0 Å². The number of hydrogen-bond donors (Lipinski definition) is 1. The van der Waals surface area contributed by atoms with Crippen LogP contribution in [0.5, 0.6) is 5.75 Å². The van der Waals surface area contributed by atoms with E-state index in [1.54, 1.807) is 49.4 Å². The number of aliphatic hydroxyl groups is 1. The van der Waals surface area contributed by atoms with Gasteiger partial charge in [-0.1, -0.05) is 54.3 Å². The minimum atomic E-state index is -0.938. The maximum Gasteiger partial charge on any atom is 0.350 e. The third-order valence-corrected chi connectivity index (χ3v) is 7.38. The normalized spacial score (nSPS) is 20.0. The quantitative estimate of drug-likeness (QED) is 0.166. The van der Waals surface area contributed by atoms with Gasteiger partial charge in [-0.2, -0.15) is 0 Å². The fraction of sp³-hybridized carbons (Fsp3) is 0.214. The van der Waals surface area contributed by atoms with E-state index < -0.39 is 23.7 Å². The third kappa shape index (κ3) is 4.31. The molecule has 2 aromatic carbocycles. The molecule has 0 aliphatic carbocycles. The van der Waals surface area contributed by atoms with Crippen LogP contribution in [0, 0.1) is 6.92 Å². The van der Waals surface area contributed by atoms with Crippen LogP contribution in [0.15, 0.2) is 66.8 Å². The molecule has 9 heteroatoms. The number of carbonyl (C=O) groups is 3. The van der Waals surface area contributed by atoms with Crippen molar-refractivity contribution in [3.05, 3.63) is 94.0 Å². The summed E-state index contributed by atoms with van der Waals surface area (Å²) in [4.78, 5) is 45.1. The van der Waals surface area contributed by atoms with Gasteiger partial charge in [-0.25, -0.2) is 9.78 Å². The SMILES string of the molecule is C=CCOC(=O)c1sc(N2C(=O)C(=O)/C(=C(/O)c3ccc4c(c3)CC(C)O4)C2c2ccccc2)nc1C. The number of carbonyl (C=O) groups excluding carboxylic acids is 3. The Labute approximate surface area is 217 Å². The minimum Gasteiger partial charge on any atom is -0.507 e. The summed E-state index contributed by atoms with van der Waals surface area (Å²) in [5, 5.41) is 11.5. The second-order valence-electron chi connectivity index (χ2n) is 8.83. The van der Waals surface area contributed by atoms with E-state index in [0.717, 1.165) is 22.6 Å². The summed E-state index contributed by atoms with van der Waals surface area (Å²) in [6.07, 6.45) is 2.15. The van der Waals surface area contributed by atoms with Crippen molar-refractivity contribution in [3.63, 3.8) is 0 Å². The highest BCUT2D eigenvalue weighted by Gasteiger charge is 2.48. The number of thiazole rings is 1. The highest BCUT2D eigenvalue weighted by atomic mass is 32.1. The van der Waals surface area contributed by atoms with Gasteiger partial charge in [0.2, 0.25) is 0 Å². The molecule has 0 saturated carbocycles. The van der Waals surface area contributed by atoms with E-state index in [-0.39, 0.29) is 34.1 Å². The number of benzene rings is 2. The fourth-order valence-corrected chi connectivity index (χ4v) is 5.57. The number of anilines is 1. The first-order chi connectivity index (χ1) is 17.8. The van der Waals surface area contributed by atoms with Gasteiger partial charge in [0.1, 0.15) is 29.1 Å². The van der Waals surface area contributed by atoms with Gasteiger partial charge in [0, 0.05) is 12.0 Å². The summed E-state index contributed by atoms with van der Waals surface area (Å²) in [6.45, 7) is 7.16. The van der Waals surface area contributed by atoms with E-state index in [1.807, 2.05) is 13.0 Å². The summed E-state index contributed by atoms with van der Waals surface area (Å²) >= 11 is 0.958. The molecule has 5 rings (SSSR count). The number of hydrogen-bond acceptors (Lipinski definition) is 8. The van der Waals surface area contributed by atoms with Crippen LogP contribution in [-0.2, 0) is 20.7 Å². The van der Waals surface area contributed by atoms with Crippen molar-refractivity contribution in [1.82, 2.24) is 4.98 Å². The molecule has 8 nitrogen and oxygen atoms in total. The number of nitrogens with zero attached hydrogens (tertiary/aromatic N) is 2. The average Bonchev–Trinajstić information content (AvgIpc) is 3.54. The Morgan fingerprint density at radius 3 is 2.76 bits per heavy atom. The number of ether oxygens (including phenoxy) is 2. The second kappa shape index (κ2) is 9.67. The van der Waals surface area contributed by atoms with Gasteiger partial charge >= 0.3 is 11.9 Å². The summed E-state index contributed by atoms with van der Waals surface area (Å²) in [7, 11) is 0. The zero-order chi connectivity index (χ0) is 26.3. The van der Waals surface area contributed by atoms with E-state index in [9.17, 15) is 19.5 Å². The number of amides is 1. The van der Waals surface area contributed by atoms with E-state index in [2.05, 4.69) is 11.6 Å². The Kier molecular flexibility index (Phi) is 6.39. The number of Topliss-reactive ketones (excluding diaryl/α,β-unsaturated/α-hetero) is 1. The molecule has 37 heavy (non-hydrogen) atoms. The molecular weight excluding hydrogens is 492 g/mol. The molecule has 1 amide bonds. The van der Waals surface area contributed by atoms with E-state index in [1.165, 1.54) is 11.0 Å². The number of aliphatic hydroxyl groups excluding tert-OH is 1. The molecule has 2 aliphatic heterocycles. The van der Waals surface area contributed by atoms with Gasteiger partial charge in [0.05, 0.1) is 17.3 Å². The van der Waals surface area contributed by atoms with Crippen LogP contribution in [0.2, 0.25) is 0 Å². The molecular formula is C28H24N2O6S. The van der Waals surface area contributed by atoms with Gasteiger partial charge in [0.15, 0.2) is 5.13 Å². The lowest BCUT2D eigenvalue weighted by molar-refractivity contribution is -0.132. The lowest BCUT2D eigenvalue weighted by atomic mass is 9.94. The molecule has 188 valence electrons. The van der Waals surface area contributed by atoms with Crippen molar-refractivity contribution in [3.8, 4) is 5.75 Å². The van der Waals surface area contributed by atoms with Crippen molar-refractivity contribution in [1.29, 1.82) is 0 Å². The first-order valence-corrected chi connectivity index (χ1v) is 12.5. The summed E-state index contributed by atoms with van der Waals surface area (Å²) in [6, 6.07) is 13.2. The second-order valence-corrected chi connectivity index (χ2v) is 9.81. The maximum atomic E-state index is 13.4. The average molecular weight is 517 g/mol. The molecule has 0 spiro atoms. The van der Waals surface area contributed by atoms with Crippen LogP contribution in [0.4, 0.5) is 5.13 Å². The van der Waals surface area contributed by atoms with Crippen molar-refractivity contribution >= 4 is 39.9 Å². The number of ketones is 1. The minimum absolute atomic E-state index is 0.0165. The highest BCUT2D eigenvalue weighted by molar-refractivity contribution is 7.17. The molecule has 1 fully saturated rings. The van der Waals surface area contributed by atoms with Gasteiger partial charge in [-0.3, -0.25) is 14.5 Å². The molecule has 2 aliphatic rings. The molecule has 0 radical (unpaired) electrons. The largest absolute Gasteiger partial charge is 0.507 e. The zero-order valence-corrected chi connectivity index (χ0v) is 21.1. The van der Waals surface area contributed by atoms with Crippen LogP contribution >= 0.6 is 11.3 Å².